The van der Waals surface area contributed by atoms with Crippen molar-refractivity contribution in [1.29, 1.82) is 0 Å². The summed E-state index contributed by atoms with van der Waals surface area (Å²) in [5, 5.41) is -0.00121. The molecule has 0 radical (unpaired) electrons. The number of rotatable bonds is 4. The first kappa shape index (κ1) is 13.0. The summed E-state index contributed by atoms with van der Waals surface area (Å²) in [5.74, 6) is -0.488. The smallest absolute Gasteiger partial charge is 0.324 e. The lowest BCUT2D eigenvalue weighted by atomic mass is 10.2. The van der Waals surface area contributed by atoms with E-state index in [1.165, 1.54) is 16.8 Å². The van der Waals surface area contributed by atoms with Gasteiger partial charge in [-0.25, -0.2) is 13.4 Å². The minimum absolute atomic E-state index is 0.00121. The summed E-state index contributed by atoms with van der Waals surface area (Å²) in [6.45, 7) is 2.26. The summed E-state index contributed by atoms with van der Waals surface area (Å²) >= 11 is 0. The highest BCUT2D eigenvalue weighted by molar-refractivity contribution is 7.89. The molecule has 1 saturated heterocycles. The average Bonchev–Trinajstić information content (AvgIpc) is 3.01. The van der Waals surface area contributed by atoms with Gasteiger partial charge in [-0.05, 0) is 19.8 Å². The van der Waals surface area contributed by atoms with Crippen molar-refractivity contribution < 1.29 is 17.9 Å². The molecule has 1 aliphatic heterocycles. The highest BCUT2D eigenvalue weighted by atomic mass is 32.2. The Morgan fingerprint density at radius 1 is 1.67 bits per heavy atom. The fraction of sp³-hybridized carbons (Fsp3) is 0.600. The van der Waals surface area contributed by atoms with Gasteiger partial charge in [0.1, 0.15) is 6.04 Å². The van der Waals surface area contributed by atoms with Gasteiger partial charge in [-0.1, -0.05) is 0 Å². The molecule has 1 aliphatic rings. The van der Waals surface area contributed by atoms with Crippen LogP contribution in [0.15, 0.2) is 17.6 Å². The van der Waals surface area contributed by atoms with Crippen LogP contribution in [0.25, 0.3) is 0 Å². The van der Waals surface area contributed by atoms with Gasteiger partial charge in [-0.3, -0.25) is 4.79 Å². The van der Waals surface area contributed by atoms with Crippen LogP contribution in [-0.2, 0) is 19.6 Å². The van der Waals surface area contributed by atoms with Crippen molar-refractivity contribution >= 4 is 16.0 Å². The molecule has 100 valence electrons. The highest BCUT2D eigenvalue weighted by Gasteiger charge is 2.40. The number of imidazole rings is 1. The minimum atomic E-state index is -3.69. The van der Waals surface area contributed by atoms with E-state index in [0.717, 1.165) is 0 Å². The van der Waals surface area contributed by atoms with E-state index < -0.39 is 22.0 Å². The van der Waals surface area contributed by atoms with Gasteiger partial charge in [0.05, 0.1) is 19.1 Å². The van der Waals surface area contributed by atoms with Gasteiger partial charge in [0.25, 0.3) is 10.0 Å². The molecule has 1 fully saturated rings. The molecule has 0 aromatic carbocycles. The van der Waals surface area contributed by atoms with E-state index >= 15 is 0 Å². The van der Waals surface area contributed by atoms with Gasteiger partial charge >= 0.3 is 5.97 Å². The normalized spacial score (nSPS) is 21.1. The third-order valence-electron chi connectivity index (χ3n) is 2.82. The summed E-state index contributed by atoms with van der Waals surface area (Å²) in [4.78, 5) is 18.0. The monoisotopic (exact) mass is 273 g/mol. The first-order chi connectivity index (χ1) is 8.57. The molecule has 1 N–H and O–H groups in total. The Morgan fingerprint density at radius 2 is 2.44 bits per heavy atom. The lowest BCUT2D eigenvalue weighted by Gasteiger charge is -2.21. The number of hydrogen-bond acceptors (Lipinski definition) is 5. The number of carbonyl (C=O) groups excluding carboxylic acids is 1. The van der Waals surface area contributed by atoms with Crippen LogP contribution in [0, 0.1) is 0 Å². The number of nitrogens with zero attached hydrogens (tertiary/aromatic N) is 2. The van der Waals surface area contributed by atoms with Crippen molar-refractivity contribution in [3.05, 3.63) is 12.5 Å². The molecule has 2 rings (SSSR count). The fourth-order valence-electron chi connectivity index (χ4n) is 2.01. The number of carbonyl (C=O) groups is 1. The summed E-state index contributed by atoms with van der Waals surface area (Å²) < 4.78 is 30.6. The topological polar surface area (TPSA) is 92.4 Å². The molecule has 0 bridgehead atoms. The molecule has 1 unspecified atom stereocenters. The van der Waals surface area contributed by atoms with E-state index in [2.05, 4.69) is 9.97 Å². The van der Waals surface area contributed by atoms with Crippen molar-refractivity contribution in [3.63, 3.8) is 0 Å². The van der Waals surface area contributed by atoms with E-state index in [1.807, 2.05) is 0 Å². The zero-order chi connectivity index (χ0) is 13.2. The van der Waals surface area contributed by atoms with Crippen molar-refractivity contribution in [2.75, 3.05) is 13.2 Å². The summed E-state index contributed by atoms with van der Waals surface area (Å²) in [6, 6.07) is -0.724. The second kappa shape index (κ2) is 5.07. The quantitative estimate of drug-likeness (QED) is 0.787. The fourth-order valence-corrected chi connectivity index (χ4v) is 3.56. The Morgan fingerprint density at radius 3 is 3.06 bits per heavy atom. The molecule has 2 heterocycles. The number of aromatic nitrogens is 2. The van der Waals surface area contributed by atoms with Crippen LogP contribution >= 0.6 is 0 Å². The summed E-state index contributed by atoms with van der Waals surface area (Å²) in [5.41, 5.74) is 0. The van der Waals surface area contributed by atoms with E-state index in [1.54, 1.807) is 6.92 Å². The van der Waals surface area contributed by atoms with Crippen molar-refractivity contribution in [1.82, 2.24) is 14.3 Å². The molecule has 7 nitrogen and oxygen atoms in total. The van der Waals surface area contributed by atoms with Crippen LogP contribution < -0.4 is 0 Å². The first-order valence-corrected chi connectivity index (χ1v) is 7.18. The Bertz CT molecular complexity index is 511. The zero-order valence-electron chi connectivity index (χ0n) is 10.00. The molecule has 0 amide bonds. The minimum Gasteiger partial charge on any atom is -0.465 e. The molecule has 0 aliphatic carbocycles. The second-order valence-corrected chi connectivity index (χ2v) is 5.80. The van der Waals surface area contributed by atoms with E-state index in [0.29, 0.717) is 19.4 Å². The van der Waals surface area contributed by atoms with Crippen molar-refractivity contribution in [3.8, 4) is 0 Å². The van der Waals surface area contributed by atoms with Crippen LogP contribution in [0.1, 0.15) is 19.8 Å². The van der Waals surface area contributed by atoms with Crippen LogP contribution in [0.4, 0.5) is 0 Å². The Labute approximate surface area is 105 Å². The Balaban J connectivity index is 2.24. The maximum atomic E-state index is 12.3. The maximum absolute atomic E-state index is 12.3. The van der Waals surface area contributed by atoms with Gasteiger partial charge in [-0.15, -0.1) is 0 Å². The number of nitrogens with one attached hydrogen (secondary N) is 1. The molecule has 18 heavy (non-hydrogen) atoms. The number of aromatic amines is 1. The first-order valence-electron chi connectivity index (χ1n) is 5.74. The maximum Gasteiger partial charge on any atom is 0.324 e. The lowest BCUT2D eigenvalue weighted by Crippen LogP contribution is -2.41. The number of ether oxygens (including phenoxy) is 1. The third-order valence-corrected chi connectivity index (χ3v) is 4.66. The van der Waals surface area contributed by atoms with Gasteiger partial charge < -0.3 is 9.72 Å². The molecular formula is C10H15N3O4S. The zero-order valence-corrected chi connectivity index (χ0v) is 10.8. The predicted molar refractivity (Wildman–Crippen MR) is 62.1 cm³/mol. The van der Waals surface area contributed by atoms with E-state index in [4.69, 9.17) is 4.74 Å². The van der Waals surface area contributed by atoms with Gasteiger partial charge in [0.15, 0.2) is 5.03 Å². The van der Waals surface area contributed by atoms with Crippen LogP contribution in [-0.4, -0.2) is 47.9 Å². The molecule has 1 aromatic heterocycles. The van der Waals surface area contributed by atoms with Crippen LogP contribution in [0.5, 0.6) is 0 Å². The lowest BCUT2D eigenvalue weighted by molar-refractivity contribution is -0.146. The molecule has 0 spiro atoms. The highest BCUT2D eigenvalue weighted by Crippen LogP contribution is 2.25. The van der Waals surface area contributed by atoms with Crippen LogP contribution in [0.2, 0.25) is 0 Å². The molecule has 1 aromatic rings. The Kier molecular flexibility index (Phi) is 3.67. The van der Waals surface area contributed by atoms with Crippen LogP contribution in [0.3, 0.4) is 0 Å². The van der Waals surface area contributed by atoms with E-state index in [9.17, 15) is 13.2 Å². The summed E-state index contributed by atoms with van der Waals surface area (Å²) in [6.07, 6.45) is 3.67. The van der Waals surface area contributed by atoms with Gasteiger partial charge in [0, 0.05) is 6.54 Å². The molecule has 1 atom stereocenters. The number of hydrogen-bond donors (Lipinski definition) is 1. The van der Waals surface area contributed by atoms with Crippen molar-refractivity contribution in [2.45, 2.75) is 30.8 Å². The third kappa shape index (κ3) is 2.25. The molecule has 8 heteroatoms. The average molecular weight is 273 g/mol. The largest absolute Gasteiger partial charge is 0.465 e. The second-order valence-electron chi connectivity index (χ2n) is 3.94. The standard InChI is InChI=1S/C10H15N3O4S/c1-2-17-10(14)8-4-3-5-13(8)18(15,16)9-6-11-7-12-9/h6-8H,2-5H2,1H3,(H,11,12). The van der Waals surface area contributed by atoms with Crippen molar-refractivity contribution in [2.24, 2.45) is 0 Å². The predicted octanol–water partition coefficient (Wildman–Crippen LogP) is 0.126. The number of esters is 1. The number of sulfonamides is 1. The van der Waals surface area contributed by atoms with E-state index in [-0.39, 0.29) is 11.6 Å². The summed E-state index contributed by atoms with van der Waals surface area (Å²) in [7, 11) is -3.69. The van der Waals surface area contributed by atoms with Gasteiger partial charge in [-0.2, -0.15) is 4.31 Å². The Hall–Kier alpha value is -1.41. The van der Waals surface area contributed by atoms with Gasteiger partial charge in [0.2, 0.25) is 0 Å². The number of H-pyrrole nitrogens is 1. The SMILES string of the molecule is CCOC(=O)C1CCCN1S(=O)(=O)c1cnc[nH]1. The molecular weight excluding hydrogens is 258 g/mol. The molecule has 0 saturated carbocycles.